The molecular formula is C17H18Cl2N6O. The van der Waals surface area contributed by atoms with Crippen LogP contribution in [0.5, 0.6) is 0 Å². The number of hydrogen-bond donors (Lipinski definition) is 1. The van der Waals surface area contributed by atoms with Crippen LogP contribution in [-0.2, 0) is 13.1 Å². The molecule has 7 nitrogen and oxygen atoms in total. The van der Waals surface area contributed by atoms with E-state index in [0.717, 1.165) is 11.3 Å². The average Bonchev–Trinajstić information content (AvgIpc) is 3.13. The molecule has 0 unspecified atom stereocenters. The van der Waals surface area contributed by atoms with E-state index in [1.165, 1.54) is 6.33 Å². The minimum Gasteiger partial charge on any atom is -0.289 e. The topological polar surface area (TPSA) is 77.6 Å². The Labute approximate surface area is 160 Å². The molecule has 0 bridgehead atoms. The van der Waals surface area contributed by atoms with Crippen molar-refractivity contribution < 1.29 is 4.79 Å². The lowest BCUT2D eigenvalue weighted by atomic mass is 10.2. The van der Waals surface area contributed by atoms with Crippen LogP contribution >= 0.6 is 23.2 Å². The summed E-state index contributed by atoms with van der Waals surface area (Å²) in [5.74, 6) is -0.0508. The first-order valence-electron chi connectivity index (χ1n) is 8.07. The van der Waals surface area contributed by atoms with Gasteiger partial charge < -0.3 is 0 Å². The highest BCUT2D eigenvalue weighted by Crippen LogP contribution is 2.21. The molecule has 0 saturated heterocycles. The van der Waals surface area contributed by atoms with Gasteiger partial charge in [-0.05, 0) is 38.5 Å². The zero-order chi connectivity index (χ0) is 18.8. The van der Waals surface area contributed by atoms with Gasteiger partial charge in [-0.1, -0.05) is 29.3 Å². The van der Waals surface area contributed by atoms with Crippen molar-refractivity contribution in [2.45, 2.75) is 33.9 Å². The number of nitrogens with zero attached hydrogens (tertiary/aromatic N) is 5. The van der Waals surface area contributed by atoms with Gasteiger partial charge in [-0.25, -0.2) is 9.67 Å². The van der Waals surface area contributed by atoms with Gasteiger partial charge in [0.1, 0.15) is 6.33 Å². The minimum atomic E-state index is -0.276. The van der Waals surface area contributed by atoms with E-state index in [2.05, 4.69) is 20.5 Å². The first kappa shape index (κ1) is 18.4. The molecule has 2 heterocycles. The van der Waals surface area contributed by atoms with E-state index in [4.69, 9.17) is 23.2 Å². The number of aromatic nitrogens is 5. The quantitative estimate of drug-likeness (QED) is 0.717. The standard InChI is InChI=1S/C17H18Cl2N6O/c1-4-25-11(3)15(10(2)22-25)16(26)21-17-20-9-24(23-17)8-12-5-6-13(18)7-14(12)19/h5-7,9H,4,8H2,1-3H3,(H,21,23,26). The SMILES string of the molecule is CCn1nc(C)c(C(=O)Nc2ncn(Cc3ccc(Cl)cc3Cl)n2)c1C. The van der Waals surface area contributed by atoms with Crippen molar-refractivity contribution in [1.29, 1.82) is 0 Å². The number of rotatable bonds is 5. The number of benzene rings is 1. The van der Waals surface area contributed by atoms with Gasteiger partial charge in [0.25, 0.3) is 5.91 Å². The molecule has 3 aromatic rings. The van der Waals surface area contributed by atoms with Crippen LogP contribution in [0.1, 0.15) is 34.2 Å². The predicted octanol–water partition coefficient (Wildman–Crippen LogP) is 3.72. The monoisotopic (exact) mass is 392 g/mol. The van der Waals surface area contributed by atoms with Gasteiger partial charge in [0, 0.05) is 22.3 Å². The average molecular weight is 393 g/mol. The molecule has 0 aliphatic rings. The van der Waals surface area contributed by atoms with E-state index < -0.39 is 0 Å². The maximum atomic E-state index is 12.6. The van der Waals surface area contributed by atoms with Crippen molar-refractivity contribution in [3.05, 3.63) is 57.1 Å². The highest BCUT2D eigenvalue weighted by Gasteiger charge is 2.19. The number of halogens is 2. The van der Waals surface area contributed by atoms with Crippen LogP contribution in [0.25, 0.3) is 0 Å². The molecule has 0 radical (unpaired) electrons. The highest BCUT2D eigenvalue weighted by molar-refractivity contribution is 6.35. The molecule has 136 valence electrons. The van der Waals surface area contributed by atoms with E-state index in [0.29, 0.717) is 34.4 Å². The molecule has 3 rings (SSSR count). The molecule has 1 N–H and O–H groups in total. The fourth-order valence-corrected chi connectivity index (χ4v) is 3.22. The maximum Gasteiger partial charge on any atom is 0.261 e. The Morgan fingerprint density at radius 1 is 1.23 bits per heavy atom. The Morgan fingerprint density at radius 2 is 2.00 bits per heavy atom. The van der Waals surface area contributed by atoms with Gasteiger partial charge in [0.2, 0.25) is 5.95 Å². The molecule has 0 spiro atoms. The number of aryl methyl sites for hydroxylation is 2. The van der Waals surface area contributed by atoms with Crippen LogP contribution in [0, 0.1) is 13.8 Å². The summed E-state index contributed by atoms with van der Waals surface area (Å²) in [5, 5.41) is 12.5. The van der Waals surface area contributed by atoms with Crippen molar-refractivity contribution in [3.63, 3.8) is 0 Å². The Morgan fingerprint density at radius 3 is 2.65 bits per heavy atom. The molecule has 1 aromatic carbocycles. The minimum absolute atomic E-state index is 0.225. The first-order chi connectivity index (χ1) is 12.4. The molecule has 0 fully saturated rings. The molecule has 0 saturated carbocycles. The van der Waals surface area contributed by atoms with Crippen LogP contribution < -0.4 is 5.32 Å². The van der Waals surface area contributed by atoms with Crippen LogP contribution in [0.2, 0.25) is 10.0 Å². The third-order valence-corrected chi connectivity index (χ3v) is 4.60. The fourth-order valence-electron chi connectivity index (χ4n) is 2.75. The number of hydrogen-bond acceptors (Lipinski definition) is 4. The largest absolute Gasteiger partial charge is 0.289 e. The second-order valence-corrected chi connectivity index (χ2v) is 6.66. The Kier molecular flexibility index (Phi) is 5.29. The summed E-state index contributed by atoms with van der Waals surface area (Å²) in [6, 6.07) is 5.27. The Balaban J connectivity index is 1.74. The molecule has 0 aliphatic carbocycles. The highest BCUT2D eigenvalue weighted by atomic mass is 35.5. The van der Waals surface area contributed by atoms with Crippen LogP contribution in [0.15, 0.2) is 24.5 Å². The molecule has 26 heavy (non-hydrogen) atoms. The van der Waals surface area contributed by atoms with Crippen LogP contribution in [0.3, 0.4) is 0 Å². The van der Waals surface area contributed by atoms with Crippen LogP contribution in [-0.4, -0.2) is 30.5 Å². The summed E-state index contributed by atoms with van der Waals surface area (Å²) in [4.78, 5) is 16.7. The summed E-state index contributed by atoms with van der Waals surface area (Å²) >= 11 is 12.1. The van der Waals surface area contributed by atoms with Gasteiger partial charge in [-0.3, -0.25) is 14.8 Å². The molecule has 0 aliphatic heterocycles. The zero-order valence-electron chi connectivity index (χ0n) is 14.6. The number of nitrogens with one attached hydrogen (secondary N) is 1. The number of anilines is 1. The third kappa shape index (κ3) is 3.73. The van der Waals surface area contributed by atoms with Gasteiger partial charge >= 0.3 is 0 Å². The Bertz CT molecular complexity index is 962. The van der Waals surface area contributed by atoms with Crippen molar-refractivity contribution in [3.8, 4) is 0 Å². The summed E-state index contributed by atoms with van der Waals surface area (Å²) in [7, 11) is 0. The third-order valence-electron chi connectivity index (χ3n) is 4.02. The second-order valence-electron chi connectivity index (χ2n) is 5.82. The summed E-state index contributed by atoms with van der Waals surface area (Å²) in [6.45, 7) is 6.78. The van der Waals surface area contributed by atoms with Crippen LogP contribution in [0.4, 0.5) is 5.95 Å². The number of carbonyl (C=O) groups is 1. The van der Waals surface area contributed by atoms with E-state index in [1.807, 2.05) is 26.8 Å². The molecule has 9 heteroatoms. The fraction of sp³-hybridized carbons (Fsp3) is 0.294. The summed E-state index contributed by atoms with van der Waals surface area (Å²) in [5.41, 5.74) is 2.89. The lowest BCUT2D eigenvalue weighted by Gasteiger charge is -2.05. The van der Waals surface area contributed by atoms with Gasteiger partial charge in [-0.15, -0.1) is 5.10 Å². The molecule has 1 amide bonds. The summed E-state index contributed by atoms with van der Waals surface area (Å²) in [6.07, 6.45) is 1.54. The molecular weight excluding hydrogens is 375 g/mol. The van der Waals surface area contributed by atoms with Crippen molar-refractivity contribution in [2.75, 3.05) is 5.32 Å². The number of carbonyl (C=O) groups excluding carboxylic acids is 1. The van der Waals surface area contributed by atoms with Gasteiger partial charge in [0.05, 0.1) is 17.8 Å². The van der Waals surface area contributed by atoms with E-state index in [-0.39, 0.29) is 11.9 Å². The van der Waals surface area contributed by atoms with Crippen molar-refractivity contribution in [1.82, 2.24) is 24.5 Å². The smallest absolute Gasteiger partial charge is 0.261 e. The Hall–Kier alpha value is -2.38. The molecule has 0 atom stereocenters. The normalized spacial score (nSPS) is 11.0. The maximum absolute atomic E-state index is 12.6. The van der Waals surface area contributed by atoms with Gasteiger partial charge in [0.15, 0.2) is 0 Å². The lowest BCUT2D eigenvalue weighted by Crippen LogP contribution is -2.15. The van der Waals surface area contributed by atoms with Crippen molar-refractivity contribution in [2.24, 2.45) is 0 Å². The first-order valence-corrected chi connectivity index (χ1v) is 8.83. The van der Waals surface area contributed by atoms with Gasteiger partial charge in [-0.2, -0.15) is 5.10 Å². The molecule has 2 aromatic heterocycles. The second kappa shape index (κ2) is 7.47. The number of amides is 1. The van der Waals surface area contributed by atoms with Crippen molar-refractivity contribution >= 4 is 35.1 Å². The van der Waals surface area contributed by atoms with E-state index >= 15 is 0 Å². The zero-order valence-corrected chi connectivity index (χ0v) is 16.1. The predicted molar refractivity (Wildman–Crippen MR) is 101 cm³/mol. The van der Waals surface area contributed by atoms with E-state index in [9.17, 15) is 4.79 Å². The lowest BCUT2D eigenvalue weighted by molar-refractivity contribution is 0.102. The van der Waals surface area contributed by atoms with E-state index in [1.54, 1.807) is 21.5 Å². The summed E-state index contributed by atoms with van der Waals surface area (Å²) < 4.78 is 3.39.